The van der Waals surface area contributed by atoms with Crippen LogP contribution >= 0.6 is 11.3 Å². The largest absolute Gasteiger partial charge is 0.479 e. The molecule has 3 heterocycles. The number of carbonyl (C=O) groups excluding carboxylic acids is 1. The Balaban J connectivity index is 1.83. The van der Waals surface area contributed by atoms with Crippen molar-refractivity contribution in [3.05, 3.63) is 45.7 Å². The summed E-state index contributed by atoms with van der Waals surface area (Å²) in [5.74, 6) is -1.73. The summed E-state index contributed by atoms with van der Waals surface area (Å²) >= 11 is 1.58. The molecule has 3 aromatic rings. The standard InChI is InChI=1S/C16H17N5O3S/c1-7-4-5-12(25-7)10-6-11(21-20-10)15(22)17-14(16(23)24)13-8(2)18-19-9(13)3/h4-6,14H,1-3H3,(H,17,22)(H,18,19)(H,20,21)(H,23,24). The molecule has 0 saturated carbocycles. The number of nitrogens with one attached hydrogen (secondary N) is 3. The van der Waals surface area contributed by atoms with Gasteiger partial charge >= 0.3 is 5.97 Å². The summed E-state index contributed by atoms with van der Waals surface area (Å²) in [4.78, 5) is 26.2. The number of aromatic amines is 2. The second kappa shape index (κ2) is 6.52. The van der Waals surface area contributed by atoms with E-state index in [0.29, 0.717) is 22.6 Å². The van der Waals surface area contributed by atoms with Gasteiger partial charge < -0.3 is 10.4 Å². The highest BCUT2D eigenvalue weighted by molar-refractivity contribution is 7.15. The van der Waals surface area contributed by atoms with Crippen molar-refractivity contribution in [2.45, 2.75) is 26.8 Å². The molecule has 0 radical (unpaired) electrons. The molecule has 1 amide bonds. The minimum atomic E-state index is -1.20. The number of nitrogens with zero attached hydrogens (tertiary/aromatic N) is 2. The average Bonchev–Trinajstić information content (AvgIpc) is 3.26. The van der Waals surface area contributed by atoms with Gasteiger partial charge in [-0.3, -0.25) is 15.0 Å². The predicted molar refractivity (Wildman–Crippen MR) is 92.5 cm³/mol. The lowest BCUT2D eigenvalue weighted by Gasteiger charge is -2.14. The molecule has 130 valence electrons. The molecule has 1 atom stereocenters. The summed E-state index contributed by atoms with van der Waals surface area (Å²) in [6, 6.07) is 4.32. The Morgan fingerprint density at radius 2 is 1.96 bits per heavy atom. The Hall–Kier alpha value is -2.94. The van der Waals surface area contributed by atoms with Crippen molar-refractivity contribution in [2.75, 3.05) is 0 Å². The lowest BCUT2D eigenvalue weighted by Crippen LogP contribution is -2.34. The normalized spacial score (nSPS) is 12.1. The van der Waals surface area contributed by atoms with Gasteiger partial charge in [0.15, 0.2) is 11.7 Å². The summed E-state index contributed by atoms with van der Waals surface area (Å²) in [6.45, 7) is 5.39. The number of hydrogen-bond donors (Lipinski definition) is 4. The van der Waals surface area contributed by atoms with E-state index in [-0.39, 0.29) is 5.69 Å². The van der Waals surface area contributed by atoms with Crippen molar-refractivity contribution in [2.24, 2.45) is 0 Å². The first-order chi connectivity index (χ1) is 11.9. The van der Waals surface area contributed by atoms with E-state index in [2.05, 4.69) is 25.7 Å². The molecule has 0 aliphatic rings. The zero-order valence-corrected chi connectivity index (χ0v) is 14.7. The molecule has 0 aliphatic heterocycles. The summed E-state index contributed by atoms with van der Waals surface area (Å²) in [6.07, 6.45) is 0. The maximum atomic E-state index is 12.4. The van der Waals surface area contributed by atoms with E-state index < -0.39 is 17.9 Å². The van der Waals surface area contributed by atoms with E-state index >= 15 is 0 Å². The van der Waals surface area contributed by atoms with Crippen molar-refractivity contribution in [3.63, 3.8) is 0 Å². The van der Waals surface area contributed by atoms with Crippen LogP contribution in [0.25, 0.3) is 10.6 Å². The number of carboxylic acid groups (broad SMARTS) is 1. The Morgan fingerprint density at radius 1 is 1.20 bits per heavy atom. The smallest absolute Gasteiger partial charge is 0.331 e. The fourth-order valence-corrected chi connectivity index (χ4v) is 3.42. The van der Waals surface area contributed by atoms with E-state index in [9.17, 15) is 14.7 Å². The number of carbonyl (C=O) groups is 2. The minimum Gasteiger partial charge on any atom is -0.479 e. The van der Waals surface area contributed by atoms with Crippen LogP contribution in [-0.4, -0.2) is 37.4 Å². The van der Waals surface area contributed by atoms with E-state index in [4.69, 9.17) is 0 Å². The molecule has 0 aliphatic carbocycles. The van der Waals surface area contributed by atoms with Crippen LogP contribution in [0.4, 0.5) is 0 Å². The molecule has 0 spiro atoms. The van der Waals surface area contributed by atoms with Gasteiger partial charge in [0.25, 0.3) is 5.91 Å². The van der Waals surface area contributed by atoms with Crippen LogP contribution in [0.1, 0.15) is 38.4 Å². The molecule has 9 heteroatoms. The number of thiophene rings is 1. The first kappa shape index (κ1) is 16.9. The SMILES string of the molecule is Cc1ccc(-c2cc(C(=O)NC(C(=O)O)c3c(C)n[nH]c3C)n[nH]2)s1. The molecular weight excluding hydrogens is 342 g/mol. The molecule has 0 bridgehead atoms. The fraction of sp³-hybridized carbons (Fsp3) is 0.250. The van der Waals surface area contributed by atoms with Crippen molar-refractivity contribution >= 4 is 23.2 Å². The number of aliphatic carboxylic acids is 1. The number of hydrogen-bond acceptors (Lipinski definition) is 5. The van der Waals surface area contributed by atoms with Crippen LogP contribution < -0.4 is 5.32 Å². The first-order valence-corrected chi connectivity index (χ1v) is 8.36. The molecule has 0 fully saturated rings. The molecule has 1 unspecified atom stereocenters. The highest BCUT2D eigenvalue weighted by Crippen LogP contribution is 2.26. The van der Waals surface area contributed by atoms with Crippen molar-refractivity contribution in [1.29, 1.82) is 0 Å². The van der Waals surface area contributed by atoms with E-state index in [1.165, 1.54) is 0 Å². The minimum absolute atomic E-state index is 0.131. The van der Waals surface area contributed by atoms with Gasteiger partial charge in [0, 0.05) is 16.1 Å². The van der Waals surface area contributed by atoms with Crippen molar-refractivity contribution in [3.8, 4) is 10.6 Å². The monoisotopic (exact) mass is 359 g/mol. The number of amides is 1. The lowest BCUT2D eigenvalue weighted by molar-refractivity contribution is -0.139. The Bertz CT molecular complexity index is 920. The number of aryl methyl sites for hydroxylation is 3. The molecule has 3 aromatic heterocycles. The number of rotatable bonds is 5. The van der Waals surface area contributed by atoms with Crippen LogP contribution in [0.3, 0.4) is 0 Å². The van der Waals surface area contributed by atoms with Gasteiger partial charge in [-0.25, -0.2) is 4.79 Å². The summed E-state index contributed by atoms with van der Waals surface area (Å²) < 4.78 is 0. The second-order valence-electron chi connectivity index (χ2n) is 5.67. The van der Waals surface area contributed by atoms with E-state index in [1.807, 2.05) is 19.1 Å². The van der Waals surface area contributed by atoms with Crippen LogP contribution in [-0.2, 0) is 4.79 Å². The second-order valence-corrected chi connectivity index (χ2v) is 6.96. The summed E-state index contributed by atoms with van der Waals surface area (Å²) in [7, 11) is 0. The van der Waals surface area contributed by atoms with Crippen LogP contribution in [0, 0.1) is 20.8 Å². The third-order valence-electron chi connectivity index (χ3n) is 3.81. The number of H-pyrrole nitrogens is 2. The van der Waals surface area contributed by atoms with Crippen LogP contribution in [0.5, 0.6) is 0 Å². The fourth-order valence-electron chi connectivity index (χ4n) is 2.59. The zero-order valence-electron chi connectivity index (χ0n) is 13.9. The zero-order chi connectivity index (χ0) is 18.1. The van der Waals surface area contributed by atoms with E-state index in [1.54, 1.807) is 31.3 Å². The average molecular weight is 359 g/mol. The van der Waals surface area contributed by atoms with Gasteiger partial charge in [-0.2, -0.15) is 10.2 Å². The Morgan fingerprint density at radius 3 is 2.52 bits per heavy atom. The molecule has 4 N–H and O–H groups in total. The van der Waals surface area contributed by atoms with Crippen molar-refractivity contribution < 1.29 is 14.7 Å². The molecule has 0 saturated heterocycles. The van der Waals surface area contributed by atoms with E-state index in [0.717, 1.165) is 9.75 Å². The van der Waals surface area contributed by atoms with Gasteiger partial charge in [-0.1, -0.05) is 0 Å². The molecular formula is C16H17N5O3S. The number of aromatic nitrogens is 4. The molecule has 8 nitrogen and oxygen atoms in total. The Kier molecular flexibility index (Phi) is 4.41. The molecule has 3 rings (SSSR count). The van der Waals surface area contributed by atoms with Gasteiger partial charge in [0.2, 0.25) is 0 Å². The number of carboxylic acids is 1. The van der Waals surface area contributed by atoms with Gasteiger partial charge in [0.05, 0.1) is 16.3 Å². The van der Waals surface area contributed by atoms with Gasteiger partial charge in [-0.15, -0.1) is 11.3 Å². The Labute approximate surface area is 147 Å². The third-order valence-corrected chi connectivity index (χ3v) is 4.85. The quantitative estimate of drug-likeness (QED) is 0.557. The van der Waals surface area contributed by atoms with Crippen LogP contribution in [0.15, 0.2) is 18.2 Å². The van der Waals surface area contributed by atoms with Crippen LogP contribution in [0.2, 0.25) is 0 Å². The third kappa shape index (κ3) is 3.31. The maximum absolute atomic E-state index is 12.4. The summed E-state index contributed by atoms with van der Waals surface area (Å²) in [5.41, 5.74) is 2.42. The molecule has 25 heavy (non-hydrogen) atoms. The van der Waals surface area contributed by atoms with Crippen molar-refractivity contribution in [1.82, 2.24) is 25.7 Å². The topological polar surface area (TPSA) is 124 Å². The first-order valence-electron chi connectivity index (χ1n) is 7.54. The highest BCUT2D eigenvalue weighted by atomic mass is 32.1. The maximum Gasteiger partial charge on any atom is 0.331 e. The predicted octanol–water partition coefficient (Wildman–Crippen LogP) is 2.34. The lowest BCUT2D eigenvalue weighted by atomic mass is 10.0. The molecule has 0 aromatic carbocycles. The highest BCUT2D eigenvalue weighted by Gasteiger charge is 2.28. The van der Waals surface area contributed by atoms with Gasteiger partial charge in [0.1, 0.15) is 0 Å². The van der Waals surface area contributed by atoms with Gasteiger partial charge in [-0.05, 0) is 39.0 Å². The summed E-state index contributed by atoms with van der Waals surface area (Å²) in [5, 5.41) is 25.5.